The minimum atomic E-state index is -1.67. The SMILES string of the molecule is CC(=O)NCC(O)C(O)C(O)C(O)CO. The van der Waals surface area contributed by atoms with E-state index in [9.17, 15) is 20.1 Å². The molecule has 0 saturated heterocycles. The zero-order chi connectivity index (χ0) is 12.0. The maximum Gasteiger partial charge on any atom is 0.216 e. The topological polar surface area (TPSA) is 130 Å². The Morgan fingerprint density at radius 1 is 1.13 bits per heavy atom. The maximum atomic E-state index is 10.5. The number of carbonyl (C=O) groups excluding carboxylic acids is 1. The molecule has 0 aromatic heterocycles. The van der Waals surface area contributed by atoms with Crippen LogP contribution in [-0.4, -0.2) is 69.0 Å². The Kier molecular flexibility index (Phi) is 6.37. The van der Waals surface area contributed by atoms with E-state index in [4.69, 9.17) is 10.2 Å². The van der Waals surface area contributed by atoms with Gasteiger partial charge >= 0.3 is 0 Å². The molecule has 0 aromatic rings. The molecule has 6 N–H and O–H groups in total. The molecule has 7 nitrogen and oxygen atoms in total. The Balaban J connectivity index is 4.06. The standard InChI is InChI=1S/C8H17NO6/c1-4(11)9-2-5(12)7(14)8(15)6(13)3-10/h5-8,10,12-15H,2-3H2,1H3,(H,9,11). The first-order chi connectivity index (χ1) is 6.90. The average Bonchev–Trinajstić information content (AvgIpc) is 2.22. The maximum absolute atomic E-state index is 10.5. The number of hydrogen-bond donors (Lipinski definition) is 6. The molecule has 7 heteroatoms. The highest BCUT2D eigenvalue weighted by Gasteiger charge is 2.29. The molecule has 0 spiro atoms. The van der Waals surface area contributed by atoms with Crippen LogP contribution in [0.5, 0.6) is 0 Å². The van der Waals surface area contributed by atoms with Crippen LogP contribution in [0.15, 0.2) is 0 Å². The normalized spacial score (nSPS) is 19.1. The fraction of sp³-hybridized carbons (Fsp3) is 0.875. The summed E-state index contributed by atoms with van der Waals surface area (Å²) in [6.45, 7) is 0.259. The molecule has 0 aromatic carbocycles. The summed E-state index contributed by atoms with van der Waals surface area (Å²) in [4.78, 5) is 10.5. The Morgan fingerprint density at radius 2 is 1.60 bits per heavy atom. The molecule has 4 unspecified atom stereocenters. The van der Waals surface area contributed by atoms with E-state index in [1.807, 2.05) is 0 Å². The van der Waals surface area contributed by atoms with Gasteiger partial charge in [0, 0.05) is 13.5 Å². The lowest BCUT2D eigenvalue weighted by atomic mass is 10.0. The van der Waals surface area contributed by atoms with Crippen LogP contribution in [0.2, 0.25) is 0 Å². The molecule has 4 atom stereocenters. The fourth-order valence-corrected chi connectivity index (χ4v) is 0.932. The Hall–Kier alpha value is -0.730. The van der Waals surface area contributed by atoms with E-state index in [-0.39, 0.29) is 6.54 Å². The van der Waals surface area contributed by atoms with Crippen molar-refractivity contribution in [2.45, 2.75) is 31.3 Å². The lowest BCUT2D eigenvalue weighted by molar-refractivity contribution is -0.124. The van der Waals surface area contributed by atoms with E-state index in [0.717, 1.165) is 0 Å². The third-order valence-corrected chi connectivity index (χ3v) is 1.89. The van der Waals surface area contributed by atoms with Crippen LogP contribution in [0.25, 0.3) is 0 Å². The van der Waals surface area contributed by atoms with Crippen molar-refractivity contribution in [2.24, 2.45) is 0 Å². The monoisotopic (exact) mass is 223 g/mol. The first-order valence-corrected chi connectivity index (χ1v) is 4.47. The molecule has 0 rings (SSSR count). The average molecular weight is 223 g/mol. The number of nitrogens with one attached hydrogen (secondary N) is 1. The fourth-order valence-electron chi connectivity index (χ4n) is 0.932. The van der Waals surface area contributed by atoms with Crippen LogP contribution in [0.4, 0.5) is 0 Å². The van der Waals surface area contributed by atoms with Crippen LogP contribution in [0.1, 0.15) is 6.92 Å². The highest BCUT2D eigenvalue weighted by Crippen LogP contribution is 2.04. The van der Waals surface area contributed by atoms with Gasteiger partial charge in [-0.05, 0) is 0 Å². The van der Waals surface area contributed by atoms with E-state index >= 15 is 0 Å². The number of aliphatic hydroxyl groups is 5. The summed E-state index contributed by atoms with van der Waals surface area (Å²) in [5.41, 5.74) is 0. The van der Waals surface area contributed by atoms with Gasteiger partial charge in [-0.2, -0.15) is 0 Å². The van der Waals surface area contributed by atoms with E-state index in [0.29, 0.717) is 0 Å². The summed E-state index contributed by atoms with van der Waals surface area (Å²) >= 11 is 0. The van der Waals surface area contributed by atoms with Gasteiger partial charge in [0.25, 0.3) is 0 Å². The Morgan fingerprint density at radius 3 is 2.00 bits per heavy atom. The summed E-state index contributed by atoms with van der Waals surface area (Å²) in [6.07, 6.45) is -6.25. The predicted octanol–water partition coefficient (Wildman–Crippen LogP) is -3.44. The molecule has 1 amide bonds. The van der Waals surface area contributed by atoms with Gasteiger partial charge in [-0.3, -0.25) is 4.79 Å². The smallest absolute Gasteiger partial charge is 0.216 e. The van der Waals surface area contributed by atoms with Crippen molar-refractivity contribution in [2.75, 3.05) is 13.2 Å². The minimum absolute atomic E-state index is 0.244. The highest BCUT2D eigenvalue weighted by molar-refractivity contribution is 5.72. The second-order valence-corrected chi connectivity index (χ2v) is 3.24. The van der Waals surface area contributed by atoms with E-state index in [1.54, 1.807) is 0 Å². The predicted molar refractivity (Wildman–Crippen MR) is 49.8 cm³/mol. The molecule has 90 valence electrons. The van der Waals surface area contributed by atoms with Crippen LogP contribution < -0.4 is 5.32 Å². The lowest BCUT2D eigenvalue weighted by Gasteiger charge is -2.25. The summed E-state index contributed by atoms with van der Waals surface area (Å²) in [5, 5.41) is 47.4. The molecule has 0 saturated carbocycles. The van der Waals surface area contributed by atoms with Gasteiger partial charge in [-0.25, -0.2) is 0 Å². The molecule has 0 aliphatic carbocycles. The molecule has 0 radical (unpaired) electrons. The lowest BCUT2D eigenvalue weighted by Crippen LogP contribution is -2.49. The summed E-state index contributed by atoms with van der Waals surface area (Å²) in [6, 6.07) is 0. The molecule has 0 heterocycles. The molecule has 0 fully saturated rings. The van der Waals surface area contributed by atoms with Crippen molar-refractivity contribution in [1.82, 2.24) is 5.32 Å². The zero-order valence-electron chi connectivity index (χ0n) is 8.37. The molecule has 0 bridgehead atoms. The third-order valence-electron chi connectivity index (χ3n) is 1.89. The number of amides is 1. The highest BCUT2D eigenvalue weighted by atomic mass is 16.4. The van der Waals surface area contributed by atoms with Gasteiger partial charge in [0.15, 0.2) is 0 Å². The van der Waals surface area contributed by atoms with Gasteiger partial charge in [-0.1, -0.05) is 0 Å². The summed E-state index contributed by atoms with van der Waals surface area (Å²) < 4.78 is 0. The van der Waals surface area contributed by atoms with Crippen molar-refractivity contribution in [3.8, 4) is 0 Å². The van der Waals surface area contributed by atoms with Crippen molar-refractivity contribution < 1.29 is 30.3 Å². The zero-order valence-corrected chi connectivity index (χ0v) is 8.37. The second-order valence-electron chi connectivity index (χ2n) is 3.24. The number of aliphatic hydroxyl groups excluding tert-OH is 5. The van der Waals surface area contributed by atoms with E-state index in [2.05, 4.69) is 5.32 Å². The first kappa shape index (κ1) is 14.3. The van der Waals surface area contributed by atoms with Crippen LogP contribution in [0.3, 0.4) is 0 Å². The molecule has 0 aliphatic rings. The van der Waals surface area contributed by atoms with Crippen molar-refractivity contribution in [1.29, 1.82) is 0 Å². The van der Waals surface area contributed by atoms with Gasteiger partial charge in [0.05, 0.1) is 12.7 Å². The van der Waals surface area contributed by atoms with Gasteiger partial charge in [0.2, 0.25) is 5.91 Å². The van der Waals surface area contributed by atoms with E-state index in [1.165, 1.54) is 6.92 Å². The van der Waals surface area contributed by atoms with E-state index < -0.39 is 36.9 Å². The largest absolute Gasteiger partial charge is 0.394 e. The summed E-state index contributed by atoms with van der Waals surface area (Å²) in [5.74, 6) is -0.390. The van der Waals surface area contributed by atoms with Gasteiger partial charge in [-0.15, -0.1) is 0 Å². The quantitative estimate of drug-likeness (QED) is 0.278. The third kappa shape index (κ3) is 5.05. The van der Waals surface area contributed by atoms with Gasteiger partial charge < -0.3 is 30.8 Å². The van der Waals surface area contributed by atoms with Crippen LogP contribution >= 0.6 is 0 Å². The number of hydrogen-bond acceptors (Lipinski definition) is 6. The number of rotatable bonds is 6. The van der Waals surface area contributed by atoms with Crippen molar-refractivity contribution in [3.05, 3.63) is 0 Å². The second kappa shape index (κ2) is 6.70. The first-order valence-electron chi connectivity index (χ1n) is 4.47. The van der Waals surface area contributed by atoms with Crippen molar-refractivity contribution in [3.63, 3.8) is 0 Å². The van der Waals surface area contributed by atoms with Crippen LogP contribution in [-0.2, 0) is 4.79 Å². The Bertz CT molecular complexity index is 200. The van der Waals surface area contributed by atoms with Crippen molar-refractivity contribution >= 4 is 5.91 Å². The van der Waals surface area contributed by atoms with Crippen LogP contribution in [0, 0.1) is 0 Å². The molecule has 0 aliphatic heterocycles. The number of carbonyl (C=O) groups is 1. The summed E-state index contributed by atoms with van der Waals surface area (Å²) in [7, 11) is 0. The molecular formula is C8H17NO6. The Labute approximate surface area is 87.0 Å². The molecule has 15 heavy (non-hydrogen) atoms. The minimum Gasteiger partial charge on any atom is -0.394 e. The molecular weight excluding hydrogens is 206 g/mol. The van der Waals surface area contributed by atoms with Gasteiger partial charge in [0.1, 0.15) is 18.3 Å².